The topological polar surface area (TPSA) is 71.3 Å². The number of aryl methyl sites for hydroxylation is 2. The summed E-state index contributed by atoms with van der Waals surface area (Å²) >= 11 is 0. The van der Waals surface area contributed by atoms with E-state index >= 15 is 0 Å². The Labute approximate surface area is 158 Å². The molecule has 0 saturated carbocycles. The van der Waals surface area contributed by atoms with Crippen molar-refractivity contribution >= 4 is 18.3 Å². The third-order valence-electron chi connectivity index (χ3n) is 4.58. The van der Waals surface area contributed by atoms with Gasteiger partial charge in [-0.2, -0.15) is 4.98 Å². The van der Waals surface area contributed by atoms with Gasteiger partial charge >= 0.3 is 0 Å². The summed E-state index contributed by atoms with van der Waals surface area (Å²) in [5.41, 5.74) is 1.14. The van der Waals surface area contributed by atoms with Gasteiger partial charge < -0.3 is 14.7 Å². The van der Waals surface area contributed by atoms with Crippen LogP contribution < -0.4 is 5.32 Å². The molecule has 1 amide bonds. The summed E-state index contributed by atoms with van der Waals surface area (Å²) in [5.74, 6) is 1.08. The predicted molar refractivity (Wildman–Crippen MR) is 98.6 cm³/mol. The highest BCUT2D eigenvalue weighted by atomic mass is 35.5. The van der Waals surface area contributed by atoms with Crippen molar-refractivity contribution in [2.45, 2.75) is 26.2 Å². The number of nitrogens with one attached hydrogen (secondary N) is 1. The number of hydrogen-bond donors (Lipinski definition) is 1. The Morgan fingerprint density at radius 2 is 2.27 bits per heavy atom. The van der Waals surface area contributed by atoms with Gasteiger partial charge in [0.15, 0.2) is 0 Å². The molecule has 142 valence electrons. The number of likely N-dealkylation sites (tertiary alicyclic amines) is 1. The lowest BCUT2D eigenvalue weighted by atomic mass is 10.1. The van der Waals surface area contributed by atoms with Crippen molar-refractivity contribution < 1.29 is 13.7 Å². The first kappa shape index (κ1) is 20.3. The summed E-state index contributed by atoms with van der Waals surface area (Å²) in [7, 11) is 1.93. The maximum absolute atomic E-state index is 13.6. The number of benzene rings is 1. The van der Waals surface area contributed by atoms with Gasteiger partial charge in [0, 0.05) is 31.5 Å². The van der Waals surface area contributed by atoms with Gasteiger partial charge in [-0.3, -0.25) is 4.79 Å². The Kier molecular flexibility index (Phi) is 7.11. The molecule has 1 aliphatic heterocycles. The van der Waals surface area contributed by atoms with Gasteiger partial charge in [-0.1, -0.05) is 17.3 Å². The fourth-order valence-electron chi connectivity index (χ4n) is 3.09. The standard InChI is InChI=1S/C18H23FN4O2.ClH/c1-12-3-4-14(9-15(12)19)18-21-16(25-22-18)5-6-17(24)23-8-7-13(11-23)10-20-2;/h3-4,9,13,20H,5-8,10-11H2,1-2H3;1H. The minimum absolute atomic E-state index is 0. The van der Waals surface area contributed by atoms with E-state index in [4.69, 9.17) is 4.52 Å². The van der Waals surface area contributed by atoms with Crippen LogP contribution in [0.4, 0.5) is 4.39 Å². The van der Waals surface area contributed by atoms with Crippen LogP contribution in [0.3, 0.4) is 0 Å². The van der Waals surface area contributed by atoms with E-state index in [0.717, 1.165) is 26.1 Å². The Morgan fingerprint density at radius 1 is 1.46 bits per heavy atom. The highest BCUT2D eigenvalue weighted by molar-refractivity contribution is 5.85. The van der Waals surface area contributed by atoms with Crippen molar-refractivity contribution in [2.75, 3.05) is 26.7 Å². The Morgan fingerprint density at radius 3 is 3.00 bits per heavy atom. The van der Waals surface area contributed by atoms with Crippen LogP contribution in [-0.4, -0.2) is 47.6 Å². The molecule has 3 rings (SSSR count). The van der Waals surface area contributed by atoms with Gasteiger partial charge in [-0.25, -0.2) is 4.39 Å². The molecule has 1 aromatic carbocycles. The van der Waals surface area contributed by atoms with Crippen LogP contribution >= 0.6 is 12.4 Å². The van der Waals surface area contributed by atoms with Gasteiger partial charge in [-0.15, -0.1) is 12.4 Å². The van der Waals surface area contributed by atoms with Crippen LogP contribution in [-0.2, 0) is 11.2 Å². The van der Waals surface area contributed by atoms with E-state index in [2.05, 4.69) is 15.5 Å². The highest BCUT2D eigenvalue weighted by Gasteiger charge is 2.25. The van der Waals surface area contributed by atoms with Crippen LogP contribution in [0.5, 0.6) is 0 Å². The molecular formula is C18H24ClFN4O2. The number of hydrogen-bond acceptors (Lipinski definition) is 5. The van der Waals surface area contributed by atoms with E-state index < -0.39 is 0 Å². The fraction of sp³-hybridized carbons (Fsp3) is 0.500. The molecular weight excluding hydrogens is 359 g/mol. The first-order valence-electron chi connectivity index (χ1n) is 8.58. The molecule has 6 nitrogen and oxygen atoms in total. The maximum Gasteiger partial charge on any atom is 0.227 e. The lowest BCUT2D eigenvalue weighted by Gasteiger charge is -2.15. The second-order valence-corrected chi connectivity index (χ2v) is 6.53. The number of nitrogens with zero attached hydrogens (tertiary/aromatic N) is 3. The van der Waals surface area contributed by atoms with Crippen LogP contribution in [0.1, 0.15) is 24.3 Å². The minimum atomic E-state index is -0.302. The molecule has 1 atom stereocenters. The van der Waals surface area contributed by atoms with Crippen molar-refractivity contribution in [3.8, 4) is 11.4 Å². The molecule has 0 aliphatic carbocycles. The van der Waals surface area contributed by atoms with E-state index in [0.29, 0.717) is 41.6 Å². The lowest BCUT2D eigenvalue weighted by Crippen LogP contribution is -2.30. The zero-order valence-electron chi connectivity index (χ0n) is 15.0. The molecule has 8 heteroatoms. The van der Waals surface area contributed by atoms with E-state index in [1.54, 1.807) is 19.1 Å². The first-order valence-corrected chi connectivity index (χ1v) is 8.58. The molecule has 26 heavy (non-hydrogen) atoms. The van der Waals surface area contributed by atoms with E-state index in [1.807, 2.05) is 11.9 Å². The monoisotopic (exact) mass is 382 g/mol. The predicted octanol–water partition coefficient (Wildman–Crippen LogP) is 2.61. The number of rotatable bonds is 6. The molecule has 2 heterocycles. The summed E-state index contributed by atoms with van der Waals surface area (Å²) in [6.45, 7) is 4.25. The fourth-order valence-corrected chi connectivity index (χ4v) is 3.09. The van der Waals surface area contributed by atoms with Gasteiger partial charge in [0.05, 0.1) is 0 Å². The zero-order chi connectivity index (χ0) is 17.8. The molecule has 1 aliphatic rings. The van der Waals surface area contributed by atoms with Crippen LogP contribution in [0, 0.1) is 18.7 Å². The van der Waals surface area contributed by atoms with Crippen molar-refractivity contribution in [1.82, 2.24) is 20.4 Å². The lowest BCUT2D eigenvalue weighted by molar-refractivity contribution is -0.130. The Hall–Kier alpha value is -1.99. The summed E-state index contributed by atoms with van der Waals surface area (Å²) in [5, 5.41) is 7.04. The largest absolute Gasteiger partial charge is 0.342 e. The van der Waals surface area contributed by atoms with E-state index in [9.17, 15) is 9.18 Å². The normalized spacial score (nSPS) is 16.6. The molecule has 0 bridgehead atoms. The third-order valence-corrected chi connectivity index (χ3v) is 4.58. The van der Waals surface area contributed by atoms with Crippen molar-refractivity contribution in [3.63, 3.8) is 0 Å². The van der Waals surface area contributed by atoms with E-state index in [1.165, 1.54) is 6.07 Å². The van der Waals surface area contributed by atoms with Crippen LogP contribution in [0.15, 0.2) is 22.7 Å². The van der Waals surface area contributed by atoms with Crippen LogP contribution in [0.2, 0.25) is 0 Å². The third kappa shape index (κ3) is 4.80. The van der Waals surface area contributed by atoms with Gasteiger partial charge in [0.25, 0.3) is 0 Å². The smallest absolute Gasteiger partial charge is 0.227 e. The zero-order valence-corrected chi connectivity index (χ0v) is 15.8. The minimum Gasteiger partial charge on any atom is -0.342 e. The van der Waals surface area contributed by atoms with Gasteiger partial charge in [-0.05, 0) is 44.5 Å². The first-order chi connectivity index (χ1) is 12.1. The molecule has 0 spiro atoms. The molecule has 1 fully saturated rings. The quantitative estimate of drug-likeness (QED) is 0.831. The molecule has 1 saturated heterocycles. The second-order valence-electron chi connectivity index (χ2n) is 6.53. The molecule has 2 aromatic rings. The molecule has 1 N–H and O–H groups in total. The number of amides is 1. The van der Waals surface area contributed by atoms with E-state index in [-0.39, 0.29) is 24.1 Å². The summed E-state index contributed by atoms with van der Waals surface area (Å²) in [6, 6.07) is 4.82. The second kappa shape index (κ2) is 9.09. The Balaban J connectivity index is 0.00000243. The summed E-state index contributed by atoms with van der Waals surface area (Å²) in [6.07, 6.45) is 1.78. The van der Waals surface area contributed by atoms with Crippen molar-refractivity contribution in [3.05, 3.63) is 35.5 Å². The molecule has 1 unspecified atom stereocenters. The average Bonchev–Trinajstić information content (AvgIpc) is 3.25. The molecule has 0 radical (unpaired) electrons. The highest BCUT2D eigenvalue weighted by Crippen LogP contribution is 2.20. The number of halogens is 2. The maximum atomic E-state index is 13.6. The summed E-state index contributed by atoms with van der Waals surface area (Å²) in [4.78, 5) is 18.5. The van der Waals surface area contributed by atoms with Crippen LogP contribution in [0.25, 0.3) is 11.4 Å². The Bertz CT molecular complexity index is 753. The number of carbonyl (C=O) groups excluding carboxylic acids is 1. The van der Waals surface area contributed by atoms with Crippen molar-refractivity contribution in [2.24, 2.45) is 5.92 Å². The SMILES string of the molecule is CNCC1CCN(C(=O)CCc2nc(-c3ccc(C)c(F)c3)no2)C1.Cl. The number of aromatic nitrogens is 2. The van der Waals surface area contributed by atoms with Gasteiger partial charge in [0.1, 0.15) is 5.82 Å². The van der Waals surface area contributed by atoms with Gasteiger partial charge in [0.2, 0.25) is 17.6 Å². The summed E-state index contributed by atoms with van der Waals surface area (Å²) < 4.78 is 18.8. The molecule has 1 aromatic heterocycles. The number of carbonyl (C=O) groups is 1. The average molecular weight is 383 g/mol. The van der Waals surface area contributed by atoms with Crippen molar-refractivity contribution in [1.29, 1.82) is 0 Å².